The normalized spacial score (nSPS) is 17.8. The van der Waals surface area contributed by atoms with E-state index in [1.807, 2.05) is 18.2 Å². The first kappa shape index (κ1) is 15.4. The van der Waals surface area contributed by atoms with E-state index in [4.69, 9.17) is 16.3 Å². The minimum absolute atomic E-state index is 0.281. The molecule has 0 saturated carbocycles. The zero-order valence-corrected chi connectivity index (χ0v) is 13.0. The number of halogens is 1. The maximum Gasteiger partial charge on any atom is 0.123 e. The van der Waals surface area contributed by atoms with Gasteiger partial charge in [-0.25, -0.2) is 0 Å². The molecule has 20 heavy (non-hydrogen) atoms. The first-order valence-corrected chi connectivity index (χ1v) is 7.42. The number of hydrogen-bond donors (Lipinski definition) is 1. The molecule has 0 radical (unpaired) electrons. The van der Waals surface area contributed by atoms with E-state index in [0.717, 1.165) is 48.9 Å². The highest BCUT2D eigenvalue weighted by atomic mass is 35.5. The standard InChI is InChI=1S/C16H23ClN2O/c1-12(2)10-15(19-8-6-18-7-9-19)14-11-13(17)4-5-16(14)20-3/h4-5,11,15,18H,1,6-10H2,2-3H3/t15-/m1/s1. The Kier molecular flexibility index (Phi) is 5.46. The van der Waals surface area contributed by atoms with E-state index in [-0.39, 0.29) is 6.04 Å². The predicted octanol–water partition coefficient (Wildman–Crippen LogP) is 3.26. The van der Waals surface area contributed by atoms with Gasteiger partial charge >= 0.3 is 0 Å². The molecule has 0 spiro atoms. The first-order chi connectivity index (χ1) is 9.61. The van der Waals surface area contributed by atoms with Crippen molar-refractivity contribution < 1.29 is 4.74 Å². The van der Waals surface area contributed by atoms with Crippen molar-refractivity contribution in [2.75, 3.05) is 33.3 Å². The highest BCUT2D eigenvalue weighted by Crippen LogP contribution is 2.35. The van der Waals surface area contributed by atoms with Crippen LogP contribution in [0.4, 0.5) is 0 Å². The molecule has 0 aliphatic carbocycles. The van der Waals surface area contributed by atoms with Crippen LogP contribution in [-0.2, 0) is 0 Å². The van der Waals surface area contributed by atoms with Crippen molar-refractivity contribution in [2.45, 2.75) is 19.4 Å². The van der Waals surface area contributed by atoms with Crippen LogP contribution in [0.1, 0.15) is 24.9 Å². The lowest BCUT2D eigenvalue weighted by molar-refractivity contribution is 0.169. The Morgan fingerprint density at radius 3 is 2.75 bits per heavy atom. The number of benzene rings is 1. The Labute approximate surface area is 126 Å². The van der Waals surface area contributed by atoms with Gasteiger partial charge in [-0.15, -0.1) is 6.58 Å². The van der Waals surface area contributed by atoms with E-state index >= 15 is 0 Å². The molecule has 110 valence electrons. The third-order valence-corrected chi connectivity index (χ3v) is 3.92. The summed E-state index contributed by atoms with van der Waals surface area (Å²) in [6.07, 6.45) is 0.927. The van der Waals surface area contributed by atoms with Gasteiger partial charge in [-0.2, -0.15) is 0 Å². The topological polar surface area (TPSA) is 24.5 Å². The van der Waals surface area contributed by atoms with Crippen molar-refractivity contribution in [2.24, 2.45) is 0 Å². The second kappa shape index (κ2) is 7.11. The largest absolute Gasteiger partial charge is 0.496 e. The third kappa shape index (κ3) is 3.75. The molecular formula is C16H23ClN2O. The third-order valence-electron chi connectivity index (χ3n) is 3.68. The molecule has 1 aromatic carbocycles. The van der Waals surface area contributed by atoms with Crippen LogP contribution in [-0.4, -0.2) is 38.2 Å². The Hall–Kier alpha value is -1.03. The smallest absolute Gasteiger partial charge is 0.123 e. The quantitative estimate of drug-likeness (QED) is 0.844. The summed E-state index contributed by atoms with van der Waals surface area (Å²) in [5.74, 6) is 0.902. The number of ether oxygens (including phenoxy) is 1. The number of piperazine rings is 1. The molecule has 1 heterocycles. The SMILES string of the molecule is C=C(C)C[C@H](c1cc(Cl)ccc1OC)N1CCNCC1. The average Bonchev–Trinajstić information content (AvgIpc) is 2.45. The second-order valence-corrected chi connectivity index (χ2v) is 5.79. The maximum atomic E-state index is 6.18. The minimum Gasteiger partial charge on any atom is -0.496 e. The summed E-state index contributed by atoms with van der Waals surface area (Å²) in [5, 5.41) is 4.15. The van der Waals surface area contributed by atoms with Crippen LogP contribution in [0.25, 0.3) is 0 Å². The van der Waals surface area contributed by atoms with Gasteiger partial charge in [0.2, 0.25) is 0 Å². The summed E-state index contributed by atoms with van der Waals surface area (Å²) in [5.41, 5.74) is 2.33. The average molecular weight is 295 g/mol. The van der Waals surface area contributed by atoms with Crippen molar-refractivity contribution >= 4 is 11.6 Å². The van der Waals surface area contributed by atoms with Crippen LogP contribution < -0.4 is 10.1 Å². The molecular weight excluding hydrogens is 272 g/mol. The lowest BCUT2D eigenvalue weighted by Gasteiger charge is -2.36. The lowest BCUT2D eigenvalue weighted by atomic mass is 9.97. The van der Waals surface area contributed by atoms with E-state index in [1.54, 1.807) is 7.11 Å². The minimum atomic E-state index is 0.281. The Morgan fingerprint density at radius 1 is 1.45 bits per heavy atom. The lowest BCUT2D eigenvalue weighted by Crippen LogP contribution is -2.45. The summed E-state index contributed by atoms with van der Waals surface area (Å²) in [4.78, 5) is 2.49. The summed E-state index contributed by atoms with van der Waals surface area (Å²) < 4.78 is 5.52. The van der Waals surface area contributed by atoms with E-state index in [9.17, 15) is 0 Å². The van der Waals surface area contributed by atoms with Gasteiger partial charge in [0.1, 0.15) is 5.75 Å². The van der Waals surface area contributed by atoms with Crippen molar-refractivity contribution in [3.8, 4) is 5.75 Å². The van der Waals surface area contributed by atoms with Crippen LogP contribution in [0.15, 0.2) is 30.4 Å². The van der Waals surface area contributed by atoms with E-state index in [1.165, 1.54) is 5.57 Å². The molecule has 0 aromatic heterocycles. The number of hydrogen-bond acceptors (Lipinski definition) is 3. The molecule has 1 atom stereocenters. The summed E-state index contributed by atoms with van der Waals surface area (Å²) >= 11 is 6.18. The van der Waals surface area contributed by atoms with Gasteiger partial charge in [0.05, 0.1) is 7.11 Å². The molecule has 0 bridgehead atoms. The van der Waals surface area contributed by atoms with Gasteiger partial charge in [0.15, 0.2) is 0 Å². The van der Waals surface area contributed by atoms with Crippen molar-refractivity contribution in [1.82, 2.24) is 10.2 Å². The molecule has 1 saturated heterocycles. The Morgan fingerprint density at radius 2 is 2.15 bits per heavy atom. The van der Waals surface area contributed by atoms with E-state index < -0.39 is 0 Å². The van der Waals surface area contributed by atoms with Crippen molar-refractivity contribution in [1.29, 1.82) is 0 Å². The second-order valence-electron chi connectivity index (χ2n) is 5.35. The molecule has 0 amide bonds. The molecule has 1 aromatic rings. The molecule has 1 N–H and O–H groups in total. The number of methoxy groups -OCH3 is 1. The summed E-state index contributed by atoms with van der Waals surface area (Å²) in [7, 11) is 1.71. The number of rotatable bonds is 5. The zero-order valence-electron chi connectivity index (χ0n) is 12.3. The van der Waals surface area contributed by atoms with Crippen LogP contribution in [0.3, 0.4) is 0 Å². The van der Waals surface area contributed by atoms with Gasteiger partial charge in [0.25, 0.3) is 0 Å². The highest BCUT2D eigenvalue weighted by Gasteiger charge is 2.25. The fourth-order valence-corrected chi connectivity index (χ4v) is 2.91. The van der Waals surface area contributed by atoms with Crippen LogP contribution in [0.2, 0.25) is 5.02 Å². The molecule has 0 unspecified atom stereocenters. The molecule has 2 rings (SSSR count). The fourth-order valence-electron chi connectivity index (χ4n) is 2.73. The van der Waals surface area contributed by atoms with E-state index in [2.05, 4.69) is 23.7 Å². The highest BCUT2D eigenvalue weighted by molar-refractivity contribution is 6.30. The first-order valence-electron chi connectivity index (χ1n) is 7.04. The molecule has 1 aliphatic heterocycles. The van der Waals surface area contributed by atoms with Gasteiger partial charge in [-0.1, -0.05) is 17.2 Å². The van der Waals surface area contributed by atoms with Gasteiger partial charge in [0, 0.05) is 42.8 Å². The van der Waals surface area contributed by atoms with E-state index in [0.29, 0.717) is 0 Å². The Balaban J connectivity index is 2.34. The summed E-state index contributed by atoms with van der Waals surface area (Å²) in [6.45, 7) is 10.3. The monoisotopic (exact) mass is 294 g/mol. The summed E-state index contributed by atoms with van der Waals surface area (Å²) in [6, 6.07) is 6.13. The molecule has 1 fully saturated rings. The molecule has 3 nitrogen and oxygen atoms in total. The zero-order chi connectivity index (χ0) is 14.5. The number of nitrogens with zero attached hydrogens (tertiary/aromatic N) is 1. The van der Waals surface area contributed by atoms with Crippen molar-refractivity contribution in [3.05, 3.63) is 40.9 Å². The van der Waals surface area contributed by atoms with Gasteiger partial charge in [-0.3, -0.25) is 4.90 Å². The maximum absolute atomic E-state index is 6.18. The Bertz CT molecular complexity index is 470. The number of nitrogens with one attached hydrogen (secondary N) is 1. The van der Waals surface area contributed by atoms with Gasteiger partial charge < -0.3 is 10.1 Å². The fraction of sp³-hybridized carbons (Fsp3) is 0.500. The van der Waals surface area contributed by atoms with Crippen LogP contribution >= 0.6 is 11.6 Å². The van der Waals surface area contributed by atoms with Crippen LogP contribution in [0.5, 0.6) is 5.75 Å². The molecule has 4 heteroatoms. The van der Waals surface area contributed by atoms with Crippen molar-refractivity contribution in [3.63, 3.8) is 0 Å². The van der Waals surface area contributed by atoms with Gasteiger partial charge in [-0.05, 0) is 31.5 Å². The predicted molar refractivity (Wildman–Crippen MR) is 84.6 cm³/mol. The molecule has 1 aliphatic rings. The van der Waals surface area contributed by atoms with Crippen LogP contribution in [0, 0.1) is 0 Å².